The fraction of sp³-hybridized carbons (Fsp3) is 0.238. The monoisotopic (exact) mass is 367 g/mol. The second-order valence-corrected chi connectivity index (χ2v) is 6.09. The molecule has 0 aliphatic carbocycles. The van der Waals surface area contributed by atoms with E-state index in [2.05, 4.69) is 0 Å². The minimum atomic E-state index is -0.753. The molecule has 2 aromatic carbocycles. The van der Waals surface area contributed by atoms with Gasteiger partial charge in [-0.05, 0) is 6.07 Å². The van der Waals surface area contributed by atoms with Crippen LogP contribution >= 0.6 is 0 Å². The van der Waals surface area contributed by atoms with Crippen molar-refractivity contribution in [2.75, 3.05) is 27.4 Å². The summed E-state index contributed by atoms with van der Waals surface area (Å²) in [6.45, 7) is 0.486. The van der Waals surface area contributed by atoms with Crippen molar-refractivity contribution in [3.63, 3.8) is 0 Å². The van der Waals surface area contributed by atoms with E-state index in [-0.39, 0.29) is 24.5 Å². The summed E-state index contributed by atoms with van der Waals surface area (Å²) in [5, 5.41) is 10.9. The first kappa shape index (κ1) is 18.7. The van der Waals surface area contributed by atoms with Gasteiger partial charge in [-0.2, -0.15) is 0 Å². The van der Waals surface area contributed by atoms with E-state index in [1.54, 1.807) is 48.5 Å². The quantitative estimate of drug-likeness (QED) is 0.483. The molecule has 0 radical (unpaired) electrons. The highest BCUT2D eigenvalue weighted by atomic mass is 16.5. The number of hydrogen-bond acceptors (Lipinski definition) is 5. The van der Waals surface area contributed by atoms with E-state index >= 15 is 0 Å². The minimum absolute atomic E-state index is 0.0480. The maximum Gasteiger partial charge on any atom is 0.295 e. The molecule has 0 unspecified atom stereocenters. The Balaban J connectivity index is 2.20. The fourth-order valence-corrected chi connectivity index (χ4v) is 3.27. The molecule has 3 rings (SSSR count). The highest BCUT2D eigenvalue weighted by Gasteiger charge is 2.46. The van der Waals surface area contributed by atoms with E-state index in [4.69, 9.17) is 9.47 Å². The summed E-state index contributed by atoms with van der Waals surface area (Å²) < 4.78 is 10.5. The largest absolute Gasteiger partial charge is 0.507 e. The standard InChI is InChI=1S/C21H21NO5/c1-26-13-12-22-18(15-10-6-7-11-16(15)27-2)17(20(24)21(22)25)19(23)14-8-4-3-5-9-14/h3-11,18,23H,12-13H2,1-2H3/t18-/m0/s1. The van der Waals surface area contributed by atoms with Gasteiger partial charge < -0.3 is 19.5 Å². The SMILES string of the molecule is COCCN1C(=O)C(=O)C(=C(O)c2ccccc2)[C@@H]1c1ccccc1OC. The number of likely N-dealkylation sites (tertiary alicyclic amines) is 1. The highest BCUT2D eigenvalue weighted by molar-refractivity contribution is 6.46. The van der Waals surface area contributed by atoms with E-state index in [0.717, 1.165) is 0 Å². The Morgan fingerprint density at radius 2 is 1.70 bits per heavy atom. The van der Waals surface area contributed by atoms with E-state index in [9.17, 15) is 14.7 Å². The first-order valence-electron chi connectivity index (χ1n) is 8.55. The van der Waals surface area contributed by atoms with Crippen molar-refractivity contribution >= 4 is 17.4 Å². The van der Waals surface area contributed by atoms with Gasteiger partial charge in [0.2, 0.25) is 0 Å². The van der Waals surface area contributed by atoms with Crippen LogP contribution in [0, 0.1) is 0 Å². The number of carbonyl (C=O) groups is 2. The number of hydrogen-bond donors (Lipinski definition) is 1. The van der Waals surface area contributed by atoms with Crippen LogP contribution in [0.1, 0.15) is 17.2 Å². The lowest BCUT2D eigenvalue weighted by Gasteiger charge is -2.26. The van der Waals surface area contributed by atoms with Crippen LogP contribution in [0.3, 0.4) is 0 Å². The molecule has 1 saturated heterocycles. The van der Waals surface area contributed by atoms with Crippen LogP contribution in [0.2, 0.25) is 0 Å². The van der Waals surface area contributed by atoms with Crippen LogP contribution in [-0.4, -0.2) is 49.1 Å². The lowest BCUT2D eigenvalue weighted by atomic mass is 9.94. The predicted octanol–water partition coefficient (Wildman–Crippen LogP) is 2.76. The van der Waals surface area contributed by atoms with Crippen LogP contribution in [0.15, 0.2) is 60.2 Å². The average molecular weight is 367 g/mol. The van der Waals surface area contributed by atoms with Crippen molar-refractivity contribution in [2.45, 2.75) is 6.04 Å². The van der Waals surface area contributed by atoms with Gasteiger partial charge in [0, 0.05) is 24.8 Å². The van der Waals surface area contributed by atoms with Crippen LogP contribution in [0.4, 0.5) is 0 Å². The molecule has 140 valence electrons. The summed E-state index contributed by atoms with van der Waals surface area (Å²) >= 11 is 0. The number of aliphatic hydroxyl groups excluding tert-OH is 1. The Hall–Kier alpha value is -3.12. The molecular weight excluding hydrogens is 346 g/mol. The molecule has 6 heteroatoms. The zero-order chi connectivity index (χ0) is 19.4. The molecular formula is C21H21NO5. The van der Waals surface area contributed by atoms with Gasteiger partial charge in [0.15, 0.2) is 0 Å². The van der Waals surface area contributed by atoms with Gasteiger partial charge in [-0.15, -0.1) is 0 Å². The van der Waals surface area contributed by atoms with Crippen LogP contribution < -0.4 is 4.74 Å². The number of para-hydroxylation sites is 1. The number of carbonyl (C=O) groups excluding carboxylic acids is 2. The average Bonchev–Trinajstić information content (AvgIpc) is 2.96. The van der Waals surface area contributed by atoms with Crippen LogP contribution in [0.5, 0.6) is 5.75 Å². The molecule has 1 amide bonds. The maximum atomic E-state index is 12.8. The molecule has 1 fully saturated rings. The minimum Gasteiger partial charge on any atom is -0.507 e. The van der Waals surface area contributed by atoms with Crippen LogP contribution in [-0.2, 0) is 14.3 Å². The summed E-state index contributed by atoms with van der Waals surface area (Å²) in [7, 11) is 3.05. The summed E-state index contributed by atoms with van der Waals surface area (Å²) in [5.74, 6) is -1.06. The van der Waals surface area contributed by atoms with E-state index in [0.29, 0.717) is 16.9 Å². The van der Waals surface area contributed by atoms with Crippen molar-refractivity contribution in [1.29, 1.82) is 0 Å². The Labute approximate surface area is 157 Å². The number of benzene rings is 2. The summed E-state index contributed by atoms with van der Waals surface area (Å²) in [5.41, 5.74) is 1.15. The van der Waals surface area contributed by atoms with Crippen molar-refractivity contribution < 1.29 is 24.2 Å². The third kappa shape index (κ3) is 3.44. The Morgan fingerprint density at radius 3 is 2.37 bits per heavy atom. The van der Waals surface area contributed by atoms with Crippen molar-refractivity contribution in [1.82, 2.24) is 4.90 Å². The number of Topliss-reactive ketones (excluding diaryl/α,β-unsaturated/α-hetero) is 1. The highest BCUT2D eigenvalue weighted by Crippen LogP contribution is 2.42. The lowest BCUT2D eigenvalue weighted by Crippen LogP contribution is -2.32. The van der Waals surface area contributed by atoms with E-state index in [1.165, 1.54) is 19.1 Å². The number of ether oxygens (including phenoxy) is 2. The topological polar surface area (TPSA) is 76.1 Å². The molecule has 1 aliphatic heterocycles. The zero-order valence-electron chi connectivity index (χ0n) is 15.2. The smallest absolute Gasteiger partial charge is 0.295 e. The summed E-state index contributed by atoms with van der Waals surface area (Å²) in [6, 6.07) is 15.1. The molecule has 1 N–H and O–H groups in total. The third-order valence-electron chi connectivity index (χ3n) is 4.56. The van der Waals surface area contributed by atoms with Crippen molar-refractivity contribution in [3.8, 4) is 5.75 Å². The summed E-state index contributed by atoms with van der Waals surface area (Å²) in [4.78, 5) is 26.9. The number of nitrogens with zero attached hydrogens (tertiary/aromatic N) is 1. The Morgan fingerprint density at radius 1 is 1.04 bits per heavy atom. The van der Waals surface area contributed by atoms with Gasteiger partial charge in [-0.3, -0.25) is 9.59 Å². The molecule has 6 nitrogen and oxygen atoms in total. The maximum absolute atomic E-state index is 12.8. The molecule has 1 aliphatic rings. The second kappa shape index (κ2) is 8.05. The molecule has 0 bridgehead atoms. The van der Waals surface area contributed by atoms with Gasteiger partial charge in [0.25, 0.3) is 11.7 Å². The lowest BCUT2D eigenvalue weighted by molar-refractivity contribution is -0.140. The first-order valence-corrected chi connectivity index (χ1v) is 8.55. The number of amides is 1. The zero-order valence-corrected chi connectivity index (χ0v) is 15.2. The summed E-state index contributed by atoms with van der Waals surface area (Å²) in [6.07, 6.45) is 0. The Kier molecular flexibility index (Phi) is 5.57. The molecule has 1 atom stereocenters. The molecule has 0 saturated carbocycles. The number of ketones is 1. The second-order valence-electron chi connectivity index (χ2n) is 6.09. The molecule has 0 spiro atoms. The van der Waals surface area contributed by atoms with Crippen molar-refractivity contribution in [2.24, 2.45) is 0 Å². The van der Waals surface area contributed by atoms with Crippen LogP contribution in [0.25, 0.3) is 5.76 Å². The normalized spacial score (nSPS) is 18.7. The molecule has 1 heterocycles. The number of aliphatic hydroxyl groups is 1. The number of rotatable bonds is 6. The molecule has 27 heavy (non-hydrogen) atoms. The number of methoxy groups -OCH3 is 2. The first-order chi connectivity index (χ1) is 13.1. The van der Waals surface area contributed by atoms with Gasteiger partial charge in [-0.1, -0.05) is 48.5 Å². The van der Waals surface area contributed by atoms with Gasteiger partial charge in [0.1, 0.15) is 11.5 Å². The Bertz CT molecular complexity index is 875. The van der Waals surface area contributed by atoms with E-state index < -0.39 is 17.7 Å². The van der Waals surface area contributed by atoms with Gasteiger partial charge >= 0.3 is 0 Å². The third-order valence-corrected chi connectivity index (χ3v) is 4.56. The van der Waals surface area contributed by atoms with Gasteiger partial charge in [0.05, 0.1) is 25.3 Å². The van der Waals surface area contributed by atoms with E-state index in [1.807, 2.05) is 6.07 Å². The molecule has 2 aromatic rings. The van der Waals surface area contributed by atoms with Gasteiger partial charge in [-0.25, -0.2) is 0 Å². The molecule has 0 aromatic heterocycles. The van der Waals surface area contributed by atoms with Crippen molar-refractivity contribution in [3.05, 3.63) is 71.3 Å². The fourth-order valence-electron chi connectivity index (χ4n) is 3.27. The predicted molar refractivity (Wildman–Crippen MR) is 100 cm³/mol.